The molecule has 5 nitrogen and oxygen atoms in total. The molecule has 0 fully saturated rings. The predicted octanol–water partition coefficient (Wildman–Crippen LogP) is 3.62. The lowest BCUT2D eigenvalue weighted by molar-refractivity contribution is -0.142. The quantitative estimate of drug-likeness (QED) is 0.599. The fraction of sp³-hybridized carbons (Fsp3) is 0.188. The van der Waals surface area contributed by atoms with E-state index < -0.39 is 0 Å². The van der Waals surface area contributed by atoms with Crippen molar-refractivity contribution in [2.45, 2.75) is 13.3 Å². The Morgan fingerprint density at radius 2 is 2.09 bits per heavy atom. The minimum atomic E-state index is -0.333. The molecule has 1 aromatic carbocycles. The number of rotatable bonds is 6. The van der Waals surface area contributed by atoms with Crippen LogP contribution in [0, 0.1) is 0 Å². The number of carbonyl (C=O) groups is 2. The van der Waals surface area contributed by atoms with Crippen LogP contribution in [-0.4, -0.2) is 23.5 Å². The van der Waals surface area contributed by atoms with E-state index in [9.17, 15) is 9.59 Å². The molecule has 0 spiro atoms. The van der Waals surface area contributed by atoms with Crippen molar-refractivity contribution >= 4 is 50.4 Å². The van der Waals surface area contributed by atoms with E-state index in [-0.39, 0.29) is 18.3 Å². The highest BCUT2D eigenvalue weighted by atomic mass is 79.9. The molecule has 0 radical (unpaired) electrons. The van der Waals surface area contributed by atoms with E-state index in [0.717, 1.165) is 5.56 Å². The summed E-state index contributed by atoms with van der Waals surface area (Å²) in [7, 11) is 0. The number of ether oxygens (including phenoxy) is 1. The van der Waals surface area contributed by atoms with Crippen LogP contribution in [0.4, 0.5) is 5.13 Å². The van der Waals surface area contributed by atoms with Crippen molar-refractivity contribution in [2.75, 3.05) is 11.9 Å². The Kier molecular flexibility index (Phi) is 6.49. The van der Waals surface area contributed by atoms with Gasteiger partial charge in [-0.05, 0) is 34.5 Å². The highest BCUT2D eigenvalue weighted by Crippen LogP contribution is 2.19. The first-order valence-corrected chi connectivity index (χ1v) is 8.59. The smallest absolute Gasteiger partial charge is 0.311 e. The van der Waals surface area contributed by atoms with E-state index in [2.05, 4.69) is 26.2 Å². The number of aromatic nitrogens is 1. The van der Waals surface area contributed by atoms with Crippen molar-refractivity contribution in [1.82, 2.24) is 4.98 Å². The predicted molar refractivity (Wildman–Crippen MR) is 94.4 cm³/mol. The van der Waals surface area contributed by atoms with Gasteiger partial charge in [0.05, 0.1) is 23.2 Å². The molecule has 23 heavy (non-hydrogen) atoms. The molecule has 2 rings (SSSR count). The molecule has 0 saturated heterocycles. The van der Waals surface area contributed by atoms with Crippen LogP contribution in [0.2, 0.25) is 0 Å². The minimum absolute atomic E-state index is 0.0984. The maximum atomic E-state index is 12.1. The van der Waals surface area contributed by atoms with Crippen LogP contribution in [0.1, 0.15) is 18.2 Å². The standard InChI is InChI=1S/C16H15BrN2O3S/c1-2-22-14(20)9-12-10-23-16(18-12)19-15(21)13(17)8-11-6-4-3-5-7-11/h3-8,10H,2,9H2,1H3,(H,18,19,21). The number of hydrogen-bond donors (Lipinski definition) is 1. The van der Waals surface area contributed by atoms with Gasteiger partial charge in [0.2, 0.25) is 0 Å². The van der Waals surface area contributed by atoms with Gasteiger partial charge in [0.1, 0.15) is 0 Å². The highest BCUT2D eigenvalue weighted by Gasteiger charge is 2.12. The van der Waals surface area contributed by atoms with Crippen molar-refractivity contribution < 1.29 is 14.3 Å². The lowest BCUT2D eigenvalue weighted by atomic mass is 10.2. The lowest BCUT2D eigenvalue weighted by Gasteiger charge is -2.01. The Bertz CT molecular complexity index is 713. The van der Waals surface area contributed by atoms with Crippen LogP contribution in [0.15, 0.2) is 40.2 Å². The van der Waals surface area contributed by atoms with Crippen molar-refractivity contribution in [3.05, 3.63) is 51.5 Å². The van der Waals surface area contributed by atoms with E-state index in [0.29, 0.717) is 21.9 Å². The second-order valence-electron chi connectivity index (χ2n) is 4.48. The van der Waals surface area contributed by atoms with Crippen LogP contribution in [0.25, 0.3) is 6.08 Å². The number of benzene rings is 1. The van der Waals surface area contributed by atoms with Crippen molar-refractivity contribution in [3.63, 3.8) is 0 Å². The molecule has 0 bridgehead atoms. The maximum absolute atomic E-state index is 12.1. The molecular weight excluding hydrogens is 380 g/mol. The minimum Gasteiger partial charge on any atom is -0.466 e. The Hall–Kier alpha value is -1.99. The number of amides is 1. The van der Waals surface area contributed by atoms with E-state index in [1.807, 2.05) is 30.3 Å². The zero-order chi connectivity index (χ0) is 16.7. The first-order valence-electron chi connectivity index (χ1n) is 6.92. The van der Waals surface area contributed by atoms with Gasteiger partial charge in [0.25, 0.3) is 5.91 Å². The van der Waals surface area contributed by atoms with Gasteiger partial charge < -0.3 is 4.74 Å². The van der Waals surface area contributed by atoms with Crippen LogP contribution in [0.5, 0.6) is 0 Å². The summed E-state index contributed by atoms with van der Waals surface area (Å²) in [4.78, 5) is 27.7. The van der Waals surface area contributed by atoms with E-state index in [1.165, 1.54) is 11.3 Å². The van der Waals surface area contributed by atoms with Crippen LogP contribution in [-0.2, 0) is 20.7 Å². The SMILES string of the molecule is CCOC(=O)Cc1csc(NC(=O)C(Br)=Cc2ccccc2)n1. The van der Waals surface area contributed by atoms with Crippen LogP contribution in [0.3, 0.4) is 0 Å². The van der Waals surface area contributed by atoms with Gasteiger partial charge in [-0.2, -0.15) is 0 Å². The number of halogens is 1. The molecule has 0 atom stereocenters. The molecule has 120 valence electrons. The van der Waals surface area contributed by atoms with E-state index in [1.54, 1.807) is 18.4 Å². The molecule has 0 aliphatic rings. The van der Waals surface area contributed by atoms with Gasteiger partial charge in [-0.3, -0.25) is 14.9 Å². The third-order valence-corrected chi connectivity index (χ3v) is 4.11. The third-order valence-electron chi connectivity index (χ3n) is 2.71. The van der Waals surface area contributed by atoms with Crippen molar-refractivity contribution in [2.24, 2.45) is 0 Å². The molecule has 7 heteroatoms. The molecule has 1 N–H and O–H groups in total. The maximum Gasteiger partial charge on any atom is 0.311 e. The molecule has 2 aromatic rings. The summed E-state index contributed by atoms with van der Waals surface area (Å²) in [5.41, 5.74) is 1.49. The second-order valence-corrected chi connectivity index (χ2v) is 6.20. The summed E-state index contributed by atoms with van der Waals surface area (Å²) < 4.78 is 5.26. The molecular formula is C16H15BrN2O3S. The van der Waals surface area contributed by atoms with Gasteiger partial charge >= 0.3 is 5.97 Å². The monoisotopic (exact) mass is 394 g/mol. The van der Waals surface area contributed by atoms with Crippen molar-refractivity contribution in [3.8, 4) is 0 Å². The first kappa shape index (κ1) is 17.4. The zero-order valence-electron chi connectivity index (χ0n) is 12.4. The lowest BCUT2D eigenvalue weighted by Crippen LogP contribution is -2.11. The van der Waals surface area contributed by atoms with Crippen LogP contribution >= 0.6 is 27.3 Å². The number of carbonyl (C=O) groups excluding carboxylic acids is 2. The van der Waals surface area contributed by atoms with Gasteiger partial charge in [-0.15, -0.1) is 11.3 Å². The Balaban J connectivity index is 1.96. The summed E-state index contributed by atoms with van der Waals surface area (Å²) in [5, 5.41) is 4.85. The third kappa shape index (κ3) is 5.61. The number of nitrogens with zero attached hydrogens (tertiary/aromatic N) is 1. The number of nitrogens with one attached hydrogen (secondary N) is 1. The topological polar surface area (TPSA) is 68.3 Å². The Morgan fingerprint density at radius 1 is 1.35 bits per heavy atom. The molecule has 1 heterocycles. The first-order chi connectivity index (χ1) is 11.1. The number of hydrogen-bond acceptors (Lipinski definition) is 5. The van der Waals surface area contributed by atoms with Gasteiger partial charge in [-0.1, -0.05) is 30.3 Å². The fourth-order valence-corrected chi connectivity index (χ4v) is 2.79. The summed E-state index contributed by atoms with van der Waals surface area (Å²) in [5.74, 6) is -0.633. The molecule has 0 saturated carbocycles. The molecule has 1 amide bonds. The molecule has 1 aromatic heterocycles. The Morgan fingerprint density at radius 3 is 2.78 bits per heavy atom. The molecule has 0 aliphatic carbocycles. The number of esters is 1. The van der Waals surface area contributed by atoms with E-state index >= 15 is 0 Å². The van der Waals surface area contributed by atoms with E-state index in [4.69, 9.17) is 4.74 Å². The second kappa shape index (κ2) is 8.59. The van der Waals surface area contributed by atoms with Gasteiger partial charge in [-0.25, -0.2) is 4.98 Å². The summed E-state index contributed by atoms with van der Waals surface area (Å²) in [6.45, 7) is 2.09. The number of anilines is 1. The number of thiazole rings is 1. The highest BCUT2D eigenvalue weighted by molar-refractivity contribution is 9.12. The normalized spacial score (nSPS) is 11.1. The van der Waals surface area contributed by atoms with Gasteiger partial charge in [0.15, 0.2) is 5.13 Å². The zero-order valence-corrected chi connectivity index (χ0v) is 14.8. The average Bonchev–Trinajstić information content (AvgIpc) is 2.95. The summed E-state index contributed by atoms with van der Waals surface area (Å²) in [6.07, 6.45) is 1.82. The van der Waals surface area contributed by atoms with Crippen molar-refractivity contribution in [1.29, 1.82) is 0 Å². The van der Waals surface area contributed by atoms with Crippen LogP contribution < -0.4 is 5.32 Å². The largest absolute Gasteiger partial charge is 0.466 e. The Labute approximate surface area is 146 Å². The fourth-order valence-electron chi connectivity index (χ4n) is 1.72. The molecule has 0 aliphatic heterocycles. The summed E-state index contributed by atoms with van der Waals surface area (Å²) >= 11 is 4.52. The molecule has 0 unspecified atom stereocenters. The summed E-state index contributed by atoms with van der Waals surface area (Å²) in [6, 6.07) is 9.50. The van der Waals surface area contributed by atoms with Gasteiger partial charge in [0, 0.05) is 5.38 Å². The average molecular weight is 395 g/mol.